The third-order valence-corrected chi connectivity index (χ3v) is 2.56. The summed E-state index contributed by atoms with van der Waals surface area (Å²) in [6.07, 6.45) is 0.997. The van der Waals surface area contributed by atoms with E-state index in [2.05, 4.69) is 22.2 Å². The van der Waals surface area contributed by atoms with E-state index in [-0.39, 0.29) is 0 Å². The Bertz CT molecular complexity index is 320. The van der Waals surface area contributed by atoms with E-state index in [0.717, 1.165) is 12.2 Å². The molecule has 0 N–H and O–H groups in total. The average molecular weight is 248 g/mol. The third-order valence-electron chi connectivity index (χ3n) is 1.08. The number of carbonyl (C=O) groups is 2. The van der Waals surface area contributed by atoms with Crippen molar-refractivity contribution < 1.29 is 27.7 Å². The van der Waals surface area contributed by atoms with Crippen LogP contribution in [0.3, 0.4) is 0 Å². The molecule has 0 fully saturated rings. The van der Waals surface area contributed by atoms with Gasteiger partial charge in [0.2, 0.25) is 0 Å². The fourth-order valence-corrected chi connectivity index (χ4v) is 1.84. The van der Waals surface area contributed by atoms with Gasteiger partial charge < -0.3 is 9.05 Å². The van der Waals surface area contributed by atoms with Gasteiger partial charge in [0, 0.05) is 12.2 Å². The van der Waals surface area contributed by atoms with Crippen molar-refractivity contribution in [3.8, 4) is 0 Å². The molecule has 6 nitrogen and oxygen atoms in total. The van der Waals surface area contributed by atoms with Gasteiger partial charge in [-0.05, 0) is 13.8 Å². The van der Waals surface area contributed by atoms with Gasteiger partial charge in [0.25, 0.3) is 0 Å². The molecule has 90 valence electrons. The van der Waals surface area contributed by atoms with E-state index in [1.165, 1.54) is 13.8 Å². The van der Waals surface area contributed by atoms with Crippen molar-refractivity contribution in [1.29, 1.82) is 0 Å². The highest BCUT2D eigenvalue weighted by molar-refractivity contribution is 7.49. The van der Waals surface area contributed by atoms with Gasteiger partial charge in [0.1, 0.15) is 0 Å². The summed E-state index contributed by atoms with van der Waals surface area (Å²) in [7, 11) is -4.26. The van der Waals surface area contributed by atoms with Gasteiger partial charge in [0.05, 0.1) is 6.10 Å². The minimum atomic E-state index is -4.26. The van der Waals surface area contributed by atoms with Crippen molar-refractivity contribution in [1.82, 2.24) is 0 Å². The molecule has 0 aliphatic rings. The van der Waals surface area contributed by atoms with Crippen LogP contribution in [-0.2, 0) is 27.7 Å². The Morgan fingerprint density at radius 1 is 1.12 bits per heavy atom. The summed E-state index contributed by atoms with van der Waals surface area (Å²) < 4.78 is 25.2. The molecule has 0 saturated heterocycles. The molecule has 0 aliphatic carbocycles. The van der Waals surface area contributed by atoms with Crippen LogP contribution in [0.4, 0.5) is 0 Å². The first-order valence-corrected chi connectivity index (χ1v) is 5.79. The Morgan fingerprint density at radius 3 is 1.75 bits per heavy atom. The summed E-state index contributed by atoms with van der Waals surface area (Å²) in [5, 5.41) is 0. The number of phosphoric acid groups is 1. The van der Waals surface area contributed by atoms with Crippen LogP contribution < -0.4 is 0 Å². The molecule has 0 heterocycles. The number of carbonyl (C=O) groups excluding carboxylic acids is 2. The molecular formula is C9H13O6P. The van der Waals surface area contributed by atoms with E-state index in [1.54, 1.807) is 0 Å². The zero-order valence-electron chi connectivity index (χ0n) is 9.04. The zero-order chi connectivity index (χ0) is 12.8. The highest BCUT2D eigenvalue weighted by Crippen LogP contribution is 2.50. The normalized spacial score (nSPS) is 10.7. The molecule has 0 atom stereocenters. The van der Waals surface area contributed by atoms with Gasteiger partial charge in [-0.15, -0.1) is 0 Å². The predicted molar refractivity (Wildman–Crippen MR) is 56.4 cm³/mol. The molecule has 16 heavy (non-hydrogen) atoms. The highest BCUT2D eigenvalue weighted by Gasteiger charge is 2.35. The summed E-state index contributed by atoms with van der Waals surface area (Å²) in [5.74, 6) is -2.03. The minimum Gasteiger partial charge on any atom is -0.358 e. The Labute approximate surface area is 93.5 Å². The second-order valence-corrected chi connectivity index (χ2v) is 4.30. The summed E-state index contributed by atoms with van der Waals surface area (Å²) in [6.45, 7) is 9.30. The quantitative estimate of drug-likeness (QED) is 0.528. The van der Waals surface area contributed by atoms with Gasteiger partial charge in [0.15, 0.2) is 0 Å². The molecule has 0 spiro atoms. The van der Waals surface area contributed by atoms with Crippen molar-refractivity contribution in [3.05, 3.63) is 25.3 Å². The lowest BCUT2D eigenvalue weighted by Gasteiger charge is -2.17. The van der Waals surface area contributed by atoms with Crippen molar-refractivity contribution in [2.45, 2.75) is 20.0 Å². The van der Waals surface area contributed by atoms with Gasteiger partial charge in [-0.1, -0.05) is 13.2 Å². The summed E-state index contributed by atoms with van der Waals surface area (Å²) in [6, 6.07) is 0. The maximum absolute atomic E-state index is 11.8. The molecule has 0 rings (SSSR count). The van der Waals surface area contributed by atoms with Crippen LogP contribution in [0.25, 0.3) is 0 Å². The number of hydrogen-bond acceptors (Lipinski definition) is 6. The molecule has 0 aliphatic heterocycles. The summed E-state index contributed by atoms with van der Waals surface area (Å²) in [5.41, 5.74) is 0. The standard InChI is InChI=1S/C9H13O6P/c1-5-8(10)14-16(12,13-7(3)4)15-9(11)6-2/h5-7H,1-2H2,3-4H3. The topological polar surface area (TPSA) is 78.9 Å². The van der Waals surface area contributed by atoms with Crippen LogP contribution in [0.5, 0.6) is 0 Å². The molecule has 0 bridgehead atoms. The fourth-order valence-electron chi connectivity index (χ4n) is 0.615. The van der Waals surface area contributed by atoms with Crippen LogP contribution in [0, 0.1) is 0 Å². The van der Waals surface area contributed by atoms with Crippen LogP contribution in [0.15, 0.2) is 25.3 Å². The molecule has 0 saturated carbocycles. The molecule has 0 aromatic carbocycles. The number of phosphoric ester groups is 1. The van der Waals surface area contributed by atoms with Crippen LogP contribution in [0.2, 0.25) is 0 Å². The maximum Gasteiger partial charge on any atom is 0.592 e. The van der Waals surface area contributed by atoms with Gasteiger partial charge >= 0.3 is 19.8 Å². The molecule has 0 unspecified atom stereocenters. The van der Waals surface area contributed by atoms with E-state index in [0.29, 0.717) is 0 Å². The largest absolute Gasteiger partial charge is 0.592 e. The first-order chi connectivity index (χ1) is 7.33. The SMILES string of the molecule is C=CC(=O)OP(=O)(OC(=O)C=C)OC(C)C. The van der Waals surface area contributed by atoms with Crippen molar-refractivity contribution in [3.63, 3.8) is 0 Å². The van der Waals surface area contributed by atoms with Gasteiger partial charge in [-0.3, -0.25) is 4.52 Å². The summed E-state index contributed by atoms with van der Waals surface area (Å²) in [4.78, 5) is 21.7. The third kappa shape index (κ3) is 5.48. The lowest BCUT2D eigenvalue weighted by atomic mass is 10.5. The first-order valence-electron chi connectivity index (χ1n) is 4.33. The fraction of sp³-hybridized carbons (Fsp3) is 0.333. The van der Waals surface area contributed by atoms with Gasteiger partial charge in [-0.25, -0.2) is 14.2 Å². The zero-order valence-corrected chi connectivity index (χ0v) is 9.94. The smallest absolute Gasteiger partial charge is 0.358 e. The van der Waals surface area contributed by atoms with E-state index in [4.69, 9.17) is 4.52 Å². The Hall–Kier alpha value is -1.39. The van der Waals surface area contributed by atoms with Gasteiger partial charge in [-0.2, -0.15) is 0 Å². The second-order valence-electron chi connectivity index (χ2n) is 2.83. The lowest BCUT2D eigenvalue weighted by Crippen LogP contribution is -2.11. The van der Waals surface area contributed by atoms with Crippen molar-refractivity contribution in [2.24, 2.45) is 0 Å². The Morgan fingerprint density at radius 2 is 1.50 bits per heavy atom. The van der Waals surface area contributed by atoms with E-state index in [1.807, 2.05) is 0 Å². The van der Waals surface area contributed by atoms with Crippen LogP contribution in [-0.4, -0.2) is 18.0 Å². The molecule has 0 radical (unpaired) electrons. The van der Waals surface area contributed by atoms with Crippen LogP contribution in [0.1, 0.15) is 13.8 Å². The molecule has 0 aromatic rings. The monoisotopic (exact) mass is 248 g/mol. The van der Waals surface area contributed by atoms with E-state index in [9.17, 15) is 14.2 Å². The Kier molecular flexibility index (Phi) is 5.71. The summed E-state index contributed by atoms with van der Waals surface area (Å²) >= 11 is 0. The predicted octanol–water partition coefficient (Wildman–Crippen LogP) is 1.98. The van der Waals surface area contributed by atoms with E-state index < -0.39 is 25.9 Å². The first kappa shape index (κ1) is 14.6. The van der Waals surface area contributed by atoms with Crippen molar-refractivity contribution in [2.75, 3.05) is 0 Å². The average Bonchev–Trinajstić information content (AvgIpc) is 2.15. The molecule has 0 aromatic heterocycles. The number of rotatable bonds is 6. The second kappa shape index (κ2) is 6.25. The van der Waals surface area contributed by atoms with Crippen molar-refractivity contribution >= 4 is 19.8 Å². The molecule has 7 heteroatoms. The van der Waals surface area contributed by atoms with Crippen LogP contribution >= 0.6 is 7.82 Å². The highest BCUT2D eigenvalue weighted by atomic mass is 31.2. The number of hydrogen-bond donors (Lipinski definition) is 0. The molecule has 0 amide bonds. The van der Waals surface area contributed by atoms with E-state index >= 15 is 0 Å². The maximum atomic E-state index is 11.8. The molecular weight excluding hydrogens is 235 g/mol. The minimum absolute atomic E-state index is 0.555. The Balaban J connectivity index is 4.80. The lowest BCUT2D eigenvalue weighted by molar-refractivity contribution is -0.135.